The second-order valence-corrected chi connectivity index (χ2v) is 5.54. The molecule has 6 nitrogen and oxygen atoms in total. The minimum absolute atomic E-state index is 0.0485. The van der Waals surface area contributed by atoms with E-state index in [4.69, 9.17) is 4.52 Å². The van der Waals surface area contributed by atoms with Gasteiger partial charge in [0.05, 0.1) is 10.4 Å². The molecule has 3 aromatic rings. The van der Waals surface area contributed by atoms with Gasteiger partial charge in [-0.25, -0.2) is 13.6 Å². The van der Waals surface area contributed by atoms with Crippen molar-refractivity contribution in [3.8, 4) is 10.6 Å². The molecule has 0 spiro atoms. The summed E-state index contributed by atoms with van der Waals surface area (Å²) in [6, 6.07) is 5.74. The maximum Gasteiger partial charge on any atom is 0.343 e. The second-order valence-electron chi connectivity index (χ2n) is 4.60. The third kappa shape index (κ3) is 2.88. The molecular weight excluding hydrogens is 342 g/mol. The molecule has 0 radical (unpaired) electrons. The van der Waals surface area contributed by atoms with E-state index >= 15 is 0 Å². The molecule has 1 aromatic carbocycles. The first-order valence-electron chi connectivity index (χ1n) is 6.50. The van der Waals surface area contributed by atoms with Crippen molar-refractivity contribution in [1.29, 1.82) is 0 Å². The summed E-state index contributed by atoms with van der Waals surface area (Å²) in [5.41, 5.74) is -0.762. The van der Waals surface area contributed by atoms with Crippen LogP contribution in [-0.4, -0.2) is 22.1 Å². The summed E-state index contributed by atoms with van der Waals surface area (Å²) in [6.07, 6.45) is 0. The van der Waals surface area contributed by atoms with Gasteiger partial charge in [-0.1, -0.05) is 11.2 Å². The molecule has 0 atom stereocenters. The van der Waals surface area contributed by atoms with Gasteiger partial charge in [-0.05, 0) is 23.6 Å². The summed E-state index contributed by atoms with van der Waals surface area (Å²) in [4.78, 5) is 24.1. The van der Waals surface area contributed by atoms with E-state index in [0.29, 0.717) is 10.9 Å². The third-order valence-electron chi connectivity index (χ3n) is 3.06. The SMILES string of the molecule is O=C(Nc1onc(-c2cccs2)c1C(=O)O)c1ccc(F)cc1F. The zero-order valence-electron chi connectivity index (χ0n) is 11.7. The zero-order chi connectivity index (χ0) is 17.3. The van der Waals surface area contributed by atoms with Crippen LogP contribution in [0, 0.1) is 11.6 Å². The van der Waals surface area contributed by atoms with Crippen LogP contribution in [0.3, 0.4) is 0 Å². The van der Waals surface area contributed by atoms with Crippen LogP contribution in [-0.2, 0) is 0 Å². The Balaban J connectivity index is 1.95. The number of halogens is 2. The molecule has 0 unspecified atom stereocenters. The summed E-state index contributed by atoms with van der Waals surface area (Å²) < 4.78 is 31.4. The van der Waals surface area contributed by atoms with Crippen molar-refractivity contribution in [1.82, 2.24) is 5.16 Å². The van der Waals surface area contributed by atoms with Crippen molar-refractivity contribution in [3.05, 3.63) is 58.5 Å². The van der Waals surface area contributed by atoms with Gasteiger partial charge >= 0.3 is 5.97 Å². The van der Waals surface area contributed by atoms with E-state index in [1.54, 1.807) is 17.5 Å². The lowest BCUT2D eigenvalue weighted by Crippen LogP contribution is -2.15. The Kier molecular flexibility index (Phi) is 4.09. The van der Waals surface area contributed by atoms with Crippen molar-refractivity contribution < 1.29 is 28.0 Å². The number of thiophene rings is 1. The largest absolute Gasteiger partial charge is 0.477 e. The van der Waals surface area contributed by atoms with Crippen molar-refractivity contribution in [2.45, 2.75) is 0 Å². The number of hydrogen-bond acceptors (Lipinski definition) is 5. The lowest BCUT2D eigenvalue weighted by Gasteiger charge is -2.04. The summed E-state index contributed by atoms with van der Waals surface area (Å²) in [6.45, 7) is 0. The van der Waals surface area contributed by atoms with Crippen LogP contribution in [0.4, 0.5) is 14.7 Å². The third-order valence-corrected chi connectivity index (χ3v) is 3.94. The topological polar surface area (TPSA) is 92.4 Å². The normalized spacial score (nSPS) is 10.6. The molecular formula is C15H8F2N2O4S. The highest BCUT2D eigenvalue weighted by Gasteiger charge is 2.26. The highest BCUT2D eigenvalue weighted by Crippen LogP contribution is 2.32. The number of carboxylic acid groups (broad SMARTS) is 1. The van der Waals surface area contributed by atoms with Crippen LogP contribution in [0.15, 0.2) is 40.2 Å². The summed E-state index contributed by atoms with van der Waals surface area (Å²) in [5, 5.41) is 16.9. The molecule has 0 fully saturated rings. The summed E-state index contributed by atoms with van der Waals surface area (Å²) >= 11 is 1.24. The number of benzene rings is 1. The Morgan fingerprint density at radius 3 is 2.67 bits per heavy atom. The highest BCUT2D eigenvalue weighted by atomic mass is 32.1. The van der Waals surface area contributed by atoms with E-state index < -0.39 is 35.0 Å². The molecule has 0 saturated heterocycles. The second kappa shape index (κ2) is 6.20. The van der Waals surface area contributed by atoms with Crippen LogP contribution in [0.25, 0.3) is 10.6 Å². The number of nitrogens with one attached hydrogen (secondary N) is 1. The van der Waals surface area contributed by atoms with Gasteiger partial charge in [-0.2, -0.15) is 0 Å². The average molecular weight is 350 g/mol. The van der Waals surface area contributed by atoms with Crippen LogP contribution >= 0.6 is 11.3 Å². The average Bonchev–Trinajstić information content (AvgIpc) is 3.15. The zero-order valence-corrected chi connectivity index (χ0v) is 12.6. The lowest BCUT2D eigenvalue weighted by molar-refractivity contribution is 0.0698. The fourth-order valence-electron chi connectivity index (χ4n) is 2.00. The van der Waals surface area contributed by atoms with E-state index in [1.807, 2.05) is 0 Å². The smallest absolute Gasteiger partial charge is 0.343 e. The van der Waals surface area contributed by atoms with Gasteiger partial charge < -0.3 is 9.63 Å². The molecule has 3 rings (SSSR count). The van der Waals surface area contributed by atoms with Crippen molar-refractivity contribution in [2.24, 2.45) is 0 Å². The number of hydrogen-bond donors (Lipinski definition) is 2. The predicted molar refractivity (Wildman–Crippen MR) is 81.1 cm³/mol. The minimum Gasteiger partial charge on any atom is -0.477 e. The molecule has 0 saturated carbocycles. The molecule has 24 heavy (non-hydrogen) atoms. The molecule has 9 heteroatoms. The maximum absolute atomic E-state index is 13.6. The maximum atomic E-state index is 13.6. The van der Waals surface area contributed by atoms with Gasteiger partial charge in [0.15, 0.2) is 5.56 Å². The molecule has 122 valence electrons. The Bertz CT molecular complexity index is 922. The first kappa shape index (κ1) is 15.8. The Labute approximate surface area is 137 Å². The van der Waals surface area contributed by atoms with Crippen LogP contribution in [0.1, 0.15) is 20.7 Å². The molecule has 0 aliphatic rings. The number of carbonyl (C=O) groups excluding carboxylic acids is 1. The van der Waals surface area contributed by atoms with Crippen molar-refractivity contribution in [3.63, 3.8) is 0 Å². The van der Waals surface area contributed by atoms with Gasteiger partial charge in [-0.15, -0.1) is 11.3 Å². The number of carbonyl (C=O) groups is 2. The van der Waals surface area contributed by atoms with E-state index in [1.165, 1.54) is 11.3 Å². The predicted octanol–water partition coefficient (Wildman–Crippen LogP) is 3.63. The van der Waals surface area contributed by atoms with E-state index in [0.717, 1.165) is 12.1 Å². The molecule has 2 N–H and O–H groups in total. The Hall–Kier alpha value is -3.07. The molecule has 1 amide bonds. The van der Waals surface area contributed by atoms with Crippen molar-refractivity contribution in [2.75, 3.05) is 5.32 Å². The van der Waals surface area contributed by atoms with E-state index in [9.17, 15) is 23.5 Å². The summed E-state index contributed by atoms with van der Waals surface area (Å²) in [5.74, 6) is -4.70. The van der Waals surface area contributed by atoms with E-state index in [-0.39, 0.29) is 11.3 Å². The highest BCUT2D eigenvalue weighted by molar-refractivity contribution is 7.13. The summed E-state index contributed by atoms with van der Waals surface area (Å²) in [7, 11) is 0. The van der Waals surface area contributed by atoms with Gasteiger partial charge in [0.2, 0.25) is 5.88 Å². The quantitative estimate of drug-likeness (QED) is 0.749. The number of aromatic nitrogens is 1. The number of amides is 1. The minimum atomic E-state index is -1.37. The molecule has 0 bridgehead atoms. The van der Waals surface area contributed by atoms with E-state index in [2.05, 4.69) is 10.5 Å². The molecule has 2 aromatic heterocycles. The van der Waals surface area contributed by atoms with Crippen LogP contribution in [0.2, 0.25) is 0 Å². The Morgan fingerprint density at radius 1 is 1.25 bits per heavy atom. The fraction of sp³-hybridized carbons (Fsp3) is 0. The lowest BCUT2D eigenvalue weighted by atomic mass is 10.1. The number of nitrogens with zero attached hydrogens (tertiary/aromatic N) is 1. The van der Waals surface area contributed by atoms with Crippen LogP contribution < -0.4 is 5.32 Å². The Morgan fingerprint density at radius 2 is 2.04 bits per heavy atom. The van der Waals surface area contributed by atoms with Crippen molar-refractivity contribution >= 4 is 29.1 Å². The standard InChI is InChI=1S/C15H8F2N2O4S/c16-7-3-4-8(9(17)6-7)13(20)18-14-11(15(21)22)12(19-23-14)10-2-1-5-24-10/h1-6H,(H,18,20)(H,21,22). The van der Waals surface area contributed by atoms with Gasteiger partial charge in [0.25, 0.3) is 5.91 Å². The molecule has 2 heterocycles. The first-order valence-corrected chi connectivity index (χ1v) is 7.38. The first-order chi connectivity index (χ1) is 11.5. The van der Waals surface area contributed by atoms with Crippen LogP contribution in [0.5, 0.6) is 0 Å². The fourth-order valence-corrected chi connectivity index (χ4v) is 2.71. The molecule has 0 aliphatic heterocycles. The monoisotopic (exact) mass is 350 g/mol. The molecule has 0 aliphatic carbocycles. The van der Waals surface area contributed by atoms with Gasteiger partial charge in [0, 0.05) is 6.07 Å². The number of aromatic carboxylic acids is 1. The van der Waals surface area contributed by atoms with Gasteiger partial charge in [-0.3, -0.25) is 10.1 Å². The number of rotatable bonds is 4. The number of carboxylic acids is 1. The van der Waals surface area contributed by atoms with Gasteiger partial charge in [0.1, 0.15) is 17.3 Å². The number of anilines is 1.